The summed E-state index contributed by atoms with van der Waals surface area (Å²) >= 11 is 0. The highest BCUT2D eigenvalue weighted by Gasteiger charge is 2.55. The SMILES string of the molecule is COC1CCC2CC3(CCC2(C)C1O)OCCO3. The minimum atomic E-state index is -0.361. The molecule has 2 aliphatic carbocycles. The molecular weight excluding hydrogens is 232 g/mol. The van der Waals surface area contributed by atoms with Crippen molar-refractivity contribution in [1.82, 2.24) is 0 Å². The van der Waals surface area contributed by atoms with Gasteiger partial charge in [0.1, 0.15) is 0 Å². The van der Waals surface area contributed by atoms with E-state index in [1.54, 1.807) is 7.11 Å². The number of aliphatic hydroxyl groups excluding tert-OH is 1. The van der Waals surface area contributed by atoms with Crippen LogP contribution in [0.4, 0.5) is 0 Å². The Labute approximate surface area is 109 Å². The van der Waals surface area contributed by atoms with Crippen LogP contribution in [-0.2, 0) is 14.2 Å². The van der Waals surface area contributed by atoms with Crippen LogP contribution in [0.2, 0.25) is 0 Å². The summed E-state index contributed by atoms with van der Waals surface area (Å²) in [5.41, 5.74) is -0.0422. The van der Waals surface area contributed by atoms with Crippen LogP contribution in [0.3, 0.4) is 0 Å². The molecule has 3 aliphatic rings. The zero-order chi connectivity index (χ0) is 12.8. The number of aliphatic hydroxyl groups is 1. The minimum Gasteiger partial charge on any atom is -0.390 e. The van der Waals surface area contributed by atoms with Crippen molar-refractivity contribution in [3.8, 4) is 0 Å². The number of fused-ring (bicyclic) bond motifs is 1. The highest BCUT2D eigenvalue weighted by molar-refractivity contribution is 5.03. The van der Waals surface area contributed by atoms with E-state index in [2.05, 4.69) is 6.92 Å². The molecule has 0 radical (unpaired) electrons. The van der Waals surface area contributed by atoms with Gasteiger partial charge in [-0.05, 0) is 30.6 Å². The van der Waals surface area contributed by atoms with Gasteiger partial charge >= 0.3 is 0 Å². The minimum absolute atomic E-state index is 0.00860. The zero-order valence-electron chi connectivity index (χ0n) is 11.4. The first-order valence-corrected chi connectivity index (χ1v) is 7.08. The lowest BCUT2D eigenvalue weighted by atomic mass is 9.57. The molecule has 0 aromatic heterocycles. The van der Waals surface area contributed by atoms with Crippen LogP contribution in [0.5, 0.6) is 0 Å². The second kappa shape index (κ2) is 4.44. The smallest absolute Gasteiger partial charge is 0.168 e. The summed E-state index contributed by atoms with van der Waals surface area (Å²) in [6, 6.07) is 0. The Morgan fingerprint density at radius 2 is 1.89 bits per heavy atom. The van der Waals surface area contributed by atoms with Crippen molar-refractivity contribution >= 4 is 0 Å². The highest BCUT2D eigenvalue weighted by Crippen LogP contribution is 2.55. The average Bonchev–Trinajstić information content (AvgIpc) is 2.82. The molecule has 3 fully saturated rings. The number of methoxy groups -OCH3 is 1. The van der Waals surface area contributed by atoms with E-state index in [0.717, 1.165) is 32.1 Å². The fourth-order valence-corrected chi connectivity index (χ4v) is 4.15. The van der Waals surface area contributed by atoms with Gasteiger partial charge in [0.05, 0.1) is 25.4 Å². The van der Waals surface area contributed by atoms with E-state index < -0.39 is 0 Å². The summed E-state index contributed by atoms with van der Waals surface area (Å²) in [6.45, 7) is 3.63. The van der Waals surface area contributed by atoms with E-state index in [-0.39, 0.29) is 23.4 Å². The molecular formula is C14H24O4. The van der Waals surface area contributed by atoms with Gasteiger partial charge < -0.3 is 19.3 Å². The molecule has 1 spiro atoms. The van der Waals surface area contributed by atoms with E-state index in [4.69, 9.17) is 14.2 Å². The third-order valence-electron chi connectivity index (χ3n) is 5.48. The molecule has 18 heavy (non-hydrogen) atoms. The van der Waals surface area contributed by atoms with Gasteiger partial charge in [0.15, 0.2) is 5.79 Å². The molecule has 1 aliphatic heterocycles. The molecule has 4 heteroatoms. The summed E-state index contributed by atoms with van der Waals surface area (Å²) in [5, 5.41) is 10.5. The fourth-order valence-electron chi connectivity index (χ4n) is 4.15. The van der Waals surface area contributed by atoms with Crippen LogP contribution >= 0.6 is 0 Å². The molecule has 1 saturated heterocycles. The van der Waals surface area contributed by atoms with Crippen LogP contribution in [0.1, 0.15) is 39.0 Å². The summed E-state index contributed by atoms with van der Waals surface area (Å²) in [4.78, 5) is 0. The molecule has 0 amide bonds. The maximum Gasteiger partial charge on any atom is 0.168 e. The number of ether oxygens (including phenoxy) is 3. The Bertz CT molecular complexity index is 313. The maximum atomic E-state index is 10.5. The van der Waals surface area contributed by atoms with Gasteiger partial charge in [0.2, 0.25) is 0 Å². The lowest BCUT2D eigenvalue weighted by Crippen LogP contribution is -2.56. The Hall–Kier alpha value is -0.160. The average molecular weight is 256 g/mol. The number of hydrogen-bond acceptors (Lipinski definition) is 4. The van der Waals surface area contributed by atoms with Crippen LogP contribution in [0, 0.1) is 11.3 Å². The number of rotatable bonds is 1. The topological polar surface area (TPSA) is 47.9 Å². The molecule has 1 heterocycles. The molecule has 3 rings (SSSR count). The standard InChI is InChI=1S/C14H24O4/c1-13-5-6-14(17-7-8-18-14)9-10(13)3-4-11(16-2)12(13)15/h10-12,15H,3-9H2,1-2H3. The van der Waals surface area contributed by atoms with E-state index in [0.29, 0.717) is 19.1 Å². The summed E-state index contributed by atoms with van der Waals surface area (Å²) in [6.07, 6.45) is 4.45. The lowest BCUT2D eigenvalue weighted by Gasteiger charge is -2.54. The molecule has 0 aromatic rings. The molecule has 104 valence electrons. The first-order chi connectivity index (χ1) is 8.60. The molecule has 4 nitrogen and oxygen atoms in total. The normalized spacial score (nSPS) is 47.2. The molecule has 2 saturated carbocycles. The third kappa shape index (κ3) is 1.82. The van der Waals surface area contributed by atoms with E-state index in [1.807, 2.05) is 0 Å². The van der Waals surface area contributed by atoms with Gasteiger partial charge in [-0.2, -0.15) is 0 Å². The van der Waals surface area contributed by atoms with Crippen molar-refractivity contribution in [2.75, 3.05) is 20.3 Å². The second-order valence-electron chi connectivity index (χ2n) is 6.31. The van der Waals surface area contributed by atoms with Gasteiger partial charge in [0.25, 0.3) is 0 Å². The van der Waals surface area contributed by atoms with Gasteiger partial charge in [-0.1, -0.05) is 6.92 Å². The second-order valence-corrected chi connectivity index (χ2v) is 6.31. The van der Waals surface area contributed by atoms with Crippen molar-refractivity contribution in [3.63, 3.8) is 0 Å². The van der Waals surface area contributed by atoms with Gasteiger partial charge in [-0.15, -0.1) is 0 Å². The van der Waals surface area contributed by atoms with Gasteiger partial charge in [0, 0.05) is 20.0 Å². The predicted molar refractivity (Wildman–Crippen MR) is 66.1 cm³/mol. The highest BCUT2D eigenvalue weighted by atomic mass is 16.7. The van der Waals surface area contributed by atoms with Crippen LogP contribution < -0.4 is 0 Å². The van der Waals surface area contributed by atoms with Crippen molar-refractivity contribution < 1.29 is 19.3 Å². The van der Waals surface area contributed by atoms with E-state index in [1.165, 1.54) is 0 Å². The Kier molecular flexibility index (Phi) is 3.17. The molecule has 0 bridgehead atoms. The first kappa shape index (κ1) is 12.9. The largest absolute Gasteiger partial charge is 0.390 e. The van der Waals surface area contributed by atoms with E-state index >= 15 is 0 Å². The Morgan fingerprint density at radius 1 is 1.17 bits per heavy atom. The summed E-state index contributed by atoms with van der Waals surface area (Å²) < 4.78 is 17.1. The zero-order valence-corrected chi connectivity index (χ0v) is 11.4. The molecule has 4 unspecified atom stereocenters. The number of hydrogen-bond donors (Lipinski definition) is 1. The van der Waals surface area contributed by atoms with E-state index in [9.17, 15) is 5.11 Å². The first-order valence-electron chi connectivity index (χ1n) is 7.08. The lowest BCUT2D eigenvalue weighted by molar-refractivity contribution is -0.236. The van der Waals surface area contributed by atoms with Crippen molar-refractivity contribution in [1.29, 1.82) is 0 Å². The van der Waals surface area contributed by atoms with Gasteiger partial charge in [-0.25, -0.2) is 0 Å². The quantitative estimate of drug-likeness (QED) is 0.776. The van der Waals surface area contributed by atoms with Crippen LogP contribution in [0.25, 0.3) is 0 Å². The van der Waals surface area contributed by atoms with Gasteiger partial charge in [-0.3, -0.25) is 0 Å². The van der Waals surface area contributed by atoms with Crippen molar-refractivity contribution in [2.45, 2.75) is 57.0 Å². The molecule has 0 aromatic carbocycles. The van der Waals surface area contributed by atoms with Crippen molar-refractivity contribution in [3.05, 3.63) is 0 Å². The monoisotopic (exact) mass is 256 g/mol. The third-order valence-corrected chi connectivity index (χ3v) is 5.48. The Morgan fingerprint density at radius 3 is 2.56 bits per heavy atom. The molecule has 4 atom stereocenters. The van der Waals surface area contributed by atoms with Crippen molar-refractivity contribution in [2.24, 2.45) is 11.3 Å². The molecule has 1 N–H and O–H groups in total. The summed E-state index contributed by atoms with van der Waals surface area (Å²) in [5.74, 6) is 0.134. The summed E-state index contributed by atoms with van der Waals surface area (Å²) in [7, 11) is 1.70. The fraction of sp³-hybridized carbons (Fsp3) is 1.00. The van der Waals surface area contributed by atoms with Crippen LogP contribution in [0.15, 0.2) is 0 Å². The maximum absolute atomic E-state index is 10.5. The Balaban J connectivity index is 1.78. The predicted octanol–water partition coefficient (Wildman–Crippen LogP) is 1.71. The van der Waals surface area contributed by atoms with Crippen LogP contribution in [-0.4, -0.2) is 43.4 Å².